The molecule has 2 aromatic rings. The second kappa shape index (κ2) is 7.63. The average molecular weight is 362 g/mol. The molecule has 0 unspecified atom stereocenters. The Bertz CT molecular complexity index is 806. The Morgan fingerprint density at radius 2 is 2.08 bits per heavy atom. The highest BCUT2D eigenvalue weighted by molar-refractivity contribution is 5.89. The summed E-state index contributed by atoms with van der Waals surface area (Å²) in [5, 5.41) is 21.8. The van der Waals surface area contributed by atoms with Crippen LogP contribution in [-0.4, -0.2) is 37.3 Å². The molecule has 10 heteroatoms. The van der Waals surface area contributed by atoms with Gasteiger partial charge in [-0.25, -0.2) is 0 Å². The molecule has 2 aromatic heterocycles. The van der Waals surface area contributed by atoms with Crippen molar-refractivity contribution in [3.8, 4) is 0 Å². The first-order chi connectivity index (χ1) is 12.5. The normalized spacial score (nSPS) is 15.2. The van der Waals surface area contributed by atoms with E-state index in [9.17, 15) is 14.9 Å². The van der Waals surface area contributed by atoms with E-state index in [-0.39, 0.29) is 23.9 Å². The fourth-order valence-electron chi connectivity index (χ4n) is 3.35. The first-order valence-corrected chi connectivity index (χ1v) is 8.75. The van der Waals surface area contributed by atoms with Gasteiger partial charge in [0, 0.05) is 6.54 Å². The van der Waals surface area contributed by atoms with E-state index in [0.717, 1.165) is 12.8 Å². The molecule has 2 heterocycles. The first-order valence-electron chi connectivity index (χ1n) is 8.75. The third kappa shape index (κ3) is 3.89. The number of nitro groups is 1. The minimum absolute atomic E-state index is 0.0288. The maximum Gasteiger partial charge on any atom is 0.316 e. The van der Waals surface area contributed by atoms with Crippen LogP contribution in [0.5, 0.6) is 0 Å². The highest BCUT2D eigenvalue weighted by Gasteiger charge is 2.23. The molecule has 0 radical (unpaired) electrons. The van der Waals surface area contributed by atoms with Crippen molar-refractivity contribution in [2.45, 2.75) is 52.5 Å². The van der Waals surface area contributed by atoms with Gasteiger partial charge in [0.05, 0.1) is 4.92 Å². The predicted octanol–water partition coefficient (Wildman–Crippen LogP) is 2.15. The summed E-state index contributed by atoms with van der Waals surface area (Å²) in [5.74, 6) is 0.249. The molecular weight excluding hydrogens is 340 g/mol. The number of hydrogen-bond donors (Lipinski definition) is 1. The predicted molar refractivity (Wildman–Crippen MR) is 90.7 cm³/mol. The minimum atomic E-state index is -0.464. The van der Waals surface area contributed by atoms with Gasteiger partial charge in [0.1, 0.15) is 17.9 Å². The van der Waals surface area contributed by atoms with Crippen LogP contribution in [0.2, 0.25) is 0 Å². The SMILES string of the molecule is Cc1nn(Cc2noc(C(=O)NCC3CCCCC3)n2)c(C)c1[N+](=O)[O-]. The Morgan fingerprint density at radius 3 is 2.73 bits per heavy atom. The molecule has 1 saturated carbocycles. The third-order valence-corrected chi connectivity index (χ3v) is 4.76. The van der Waals surface area contributed by atoms with Crippen LogP contribution in [0.15, 0.2) is 4.52 Å². The lowest BCUT2D eigenvalue weighted by molar-refractivity contribution is -0.386. The molecule has 10 nitrogen and oxygen atoms in total. The van der Waals surface area contributed by atoms with Gasteiger partial charge < -0.3 is 9.84 Å². The van der Waals surface area contributed by atoms with E-state index in [1.54, 1.807) is 13.8 Å². The number of rotatable bonds is 6. The van der Waals surface area contributed by atoms with Crippen LogP contribution in [0, 0.1) is 29.9 Å². The third-order valence-electron chi connectivity index (χ3n) is 4.76. The molecule has 0 bridgehead atoms. The van der Waals surface area contributed by atoms with Crippen molar-refractivity contribution >= 4 is 11.6 Å². The highest BCUT2D eigenvalue weighted by atomic mass is 16.6. The minimum Gasteiger partial charge on any atom is -0.348 e. The Labute approximate surface area is 150 Å². The van der Waals surface area contributed by atoms with Crippen molar-refractivity contribution in [2.24, 2.45) is 5.92 Å². The van der Waals surface area contributed by atoms with Crippen molar-refractivity contribution in [3.63, 3.8) is 0 Å². The maximum absolute atomic E-state index is 12.1. The van der Waals surface area contributed by atoms with Crippen LogP contribution in [0.25, 0.3) is 0 Å². The topological polar surface area (TPSA) is 129 Å². The quantitative estimate of drug-likeness (QED) is 0.615. The molecule has 0 spiro atoms. The van der Waals surface area contributed by atoms with E-state index in [1.165, 1.54) is 23.9 Å². The molecule has 140 valence electrons. The Hall–Kier alpha value is -2.78. The van der Waals surface area contributed by atoms with Crippen molar-refractivity contribution in [2.75, 3.05) is 6.54 Å². The average Bonchev–Trinajstić information content (AvgIpc) is 3.18. The van der Waals surface area contributed by atoms with Gasteiger partial charge in [0.15, 0.2) is 5.82 Å². The molecule has 1 fully saturated rings. The summed E-state index contributed by atoms with van der Waals surface area (Å²) >= 11 is 0. The van der Waals surface area contributed by atoms with E-state index >= 15 is 0 Å². The lowest BCUT2D eigenvalue weighted by Gasteiger charge is -2.21. The number of nitrogens with zero attached hydrogens (tertiary/aromatic N) is 5. The maximum atomic E-state index is 12.1. The summed E-state index contributed by atoms with van der Waals surface area (Å²) in [4.78, 5) is 26.8. The van der Waals surface area contributed by atoms with Crippen LogP contribution in [0.4, 0.5) is 5.69 Å². The highest BCUT2D eigenvalue weighted by Crippen LogP contribution is 2.23. The van der Waals surface area contributed by atoms with Gasteiger partial charge >= 0.3 is 17.5 Å². The van der Waals surface area contributed by atoms with Gasteiger partial charge in [-0.05, 0) is 32.6 Å². The molecule has 0 saturated heterocycles. The smallest absolute Gasteiger partial charge is 0.316 e. The zero-order valence-electron chi connectivity index (χ0n) is 14.9. The largest absolute Gasteiger partial charge is 0.348 e. The van der Waals surface area contributed by atoms with Crippen molar-refractivity contribution in [1.82, 2.24) is 25.2 Å². The van der Waals surface area contributed by atoms with Gasteiger partial charge in [-0.15, -0.1) is 0 Å². The molecule has 1 amide bonds. The number of aryl methyl sites for hydroxylation is 1. The van der Waals surface area contributed by atoms with Crippen LogP contribution in [0.1, 0.15) is 60.0 Å². The van der Waals surface area contributed by atoms with E-state index in [4.69, 9.17) is 4.52 Å². The Balaban J connectivity index is 1.62. The summed E-state index contributed by atoms with van der Waals surface area (Å²) < 4.78 is 6.45. The summed E-state index contributed by atoms with van der Waals surface area (Å²) in [6.45, 7) is 3.89. The van der Waals surface area contributed by atoms with E-state index in [0.29, 0.717) is 23.9 Å². The second-order valence-corrected chi connectivity index (χ2v) is 6.66. The molecule has 1 aliphatic carbocycles. The van der Waals surface area contributed by atoms with Gasteiger partial charge in [-0.3, -0.25) is 19.6 Å². The second-order valence-electron chi connectivity index (χ2n) is 6.66. The van der Waals surface area contributed by atoms with Crippen molar-refractivity contribution in [3.05, 3.63) is 33.2 Å². The lowest BCUT2D eigenvalue weighted by Crippen LogP contribution is -2.30. The summed E-state index contributed by atoms with van der Waals surface area (Å²) in [6, 6.07) is 0. The number of nitrogens with one attached hydrogen (secondary N) is 1. The molecule has 0 aliphatic heterocycles. The van der Waals surface area contributed by atoms with E-state index < -0.39 is 10.8 Å². The first kappa shape index (κ1) is 18.0. The molecule has 0 aromatic carbocycles. The molecule has 1 N–H and O–H groups in total. The van der Waals surface area contributed by atoms with Gasteiger partial charge in [0.2, 0.25) is 0 Å². The van der Waals surface area contributed by atoms with Crippen LogP contribution >= 0.6 is 0 Å². The number of hydrogen-bond acceptors (Lipinski definition) is 7. The molecule has 26 heavy (non-hydrogen) atoms. The fraction of sp³-hybridized carbons (Fsp3) is 0.625. The number of carbonyl (C=O) groups excluding carboxylic acids is 1. The zero-order valence-corrected chi connectivity index (χ0v) is 14.9. The van der Waals surface area contributed by atoms with Crippen LogP contribution < -0.4 is 5.32 Å². The summed E-state index contributed by atoms with van der Waals surface area (Å²) in [5.41, 5.74) is 0.695. The number of amides is 1. The zero-order chi connectivity index (χ0) is 18.7. The van der Waals surface area contributed by atoms with Crippen molar-refractivity contribution in [1.29, 1.82) is 0 Å². The number of carbonyl (C=O) groups is 1. The van der Waals surface area contributed by atoms with E-state index in [1.807, 2.05) is 0 Å². The molecule has 1 aliphatic rings. The molecule has 3 rings (SSSR count). The van der Waals surface area contributed by atoms with Gasteiger partial charge in [0.25, 0.3) is 0 Å². The fourth-order valence-corrected chi connectivity index (χ4v) is 3.35. The van der Waals surface area contributed by atoms with Crippen LogP contribution in [-0.2, 0) is 6.54 Å². The van der Waals surface area contributed by atoms with Gasteiger partial charge in [-0.2, -0.15) is 10.1 Å². The lowest BCUT2D eigenvalue weighted by atomic mass is 9.89. The monoisotopic (exact) mass is 362 g/mol. The van der Waals surface area contributed by atoms with Crippen molar-refractivity contribution < 1.29 is 14.2 Å². The summed E-state index contributed by atoms with van der Waals surface area (Å²) in [6.07, 6.45) is 5.94. The number of aromatic nitrogens is 4. The molecule has 0 atom stereocenters. The summed E-state index contributed by atoms with van der Waals surface area (Å²) in [7, 11) is 0. The molecular formula is C16H22N6O4. The Morgan fingerprint density at radius 1 is 1.35 bits per heavy atom. The van der Waals surface area contributed by atoms with Crippen LogP contribution in [0.3, 0.4) is 0 Å². The van der Waals surface area contributed by atoms with Gasteiger partial charge in [-0.1, -0.05) is 24.4 Å². The Kier molecular flexibility index (Phi) is 5.29. The standard InChI is InChI=1S/C16H22N6O4/c1-10-14(22(24)25)11(2)21(19-10)9-13-18-16(26-20-13)15(23)17-8-12-6-4-3-5-7-12/h12H,3-9H2,1-2H3,(H,17,23). The van der Waals surface area contributed by atoms with E-state index in [2.05, 4.69) is 20.6 Å².